The molecular weight excluding hydrogens is 202 g/mol. The normalized spacial score (nSPS) is 44.4. The van der Waals surface area contributed by atoms with Crippen LogP contribution in [-0.4, -0.2) is 16.7 Å². The van der Waals surface area contributed by atoms with Crippen LogP contribution in [0.1, 0.15) is 40.0 Å². The summed E-state index contributed by atoms with van der Waals surface area (Å²) >= 11 is 0. The van der Waals surface area contributed by atoms with E-state index in [-0.39, 0.29) is 16.7 Å². The molecule has 2 N–H and O–H groups in total. The highest BCUT2D eigenvalue weighted by Crippen LogP contribution is 2.68. The van der Waals surface area contributed by atoms with E-state index in [4.69, 9.17) is 0 Å². The Morgan fingerprint density at radius 2 is 2.12 bits per heavy atom. The van der Waals surface area contributed by atoms with Gasteiger partial charge in [0.25, 0.3) is 0 Å². The summed E-state index contributed by atoms with van der Waals surface area (Å²) in [6.07, 6.45) is 4.00. The van der Waals surface area contributed by atoms with Gasteiger partial charge < -0.3 is 10.4 Å². The van der Waals surface area contributed by atoms with Crippen molar-refractivity contribution < 1.29 is 9.90 Å². The number of carbonyl (C=O) groups excluding carboxylic acids is 1. The highest BCUT2D eigenvalue weighted by molar-refractivity contribution is 5.87. The first kappa shape index (κ1) is 11.6. The molecule has 0 aromatic heterocycles. The lowest BCUT2D eigenvalue weighted by Gasteiger charge is -2.45. The van der Waals surface area contributed by atoms with Crippen molar-refractivity contribution in [3.05, 3.63) is 12.7 Å². The first-order valence-electron chi connectivity index (χ1n) is 5.94. The molecule has 90 valence electrons. The van der Waals surface area contributed by atoms with Gasteiger partial charge in [-0.25, -0.2) is 0 Å². The molecule has 3 heteroatoms. The smallest absolute Gasteiger partial charge is 0.245 e. The first-order chi connectivity index (χ1) is 7.27. The number of fused-ring (bicyclic) bond motifs is 2. The second-order valence-electron chi connectivity index (χ2n) is 6.05. The lowest BCUT2D eigenvalue weighted by atomic mass is 9.67. The van der Waals surface area contributed by atoms with Crippen LogP contribution in [0.2, 0.25) is 0 Å². The summed E-state index contributed by atoms with van der Waals surface area (Å²) in [6.45, 7) is 9.91. The number of hydrogen-bond donors (Lipinski definition) is 2. The van der Waals surface area contributed by atoms with E-state index in [1.807, 2.05) is 0 Å². The molecule has 0 radical (unpaired) electrons. The molecule has 0 spiro atoms. The van der Waals surface area contributed by atoms with E-state index in [1.165, 1.54) is 6.08 Å². The van der Waals surface area contributed by atoms with Crippen molar-refractivity contribution in [1.82, 2.24) is 5.32 Å². The van der Waals surface area contributed by atoms with E-state index < -0.39 is 5.72 Å². The monoisotopic (exact) mass is 223 g/mol. The van der Waals surface area contributed by atoms with Crippen molar-refractivity contribution >= 4 is 5.91 Å². The van der Waals surface area contributed by atoms with Crippen molar-refractivity contribution in [2.45, 2.75) is 45.8 Å². The number of carbonyl (C=O) groups is 1. The van der Waals surface area contributed by atoms with Gasteiger partial charge in [0.2, 0.25) is 5.91 Å². The van der Waals surface area contributed by atoms with Gasteiger partial charge in [0.1, 0.15) is 5.72 Å². The molecule has 0 heterocycles. The first-order valence-corrected chi connectivity index (χ1v) is 5.94. The molecule has 0 aliphatic heterocycles. The third-order valence-corrected chi connectivity index (χ3v) is 5.41. The van der Waals surface area contributed by atoms with Crippen LogP contribution in [0, 0.1) is 16.7 Å². The van der Waals surface area contributed by atoms with E-state index in [0.29, 0.717) is 12.3 Å². The zero-order valence-electron chi connectivity index (χ0n) is 10.3. The summed E-state index contributed by atoms with van der Waals surface area (Å²) in [4.78, 5) is 11.4. The van der Waals surface area contributed by atoms with Crippen LogP contribution in [0.3, 0.4) is 0 Å². The molecule has 16 heavy (non-hydrogen) atoms. The summed E-state index contributed by atoms with van der Waals surface area (Å²) in [5, 5.41) is 13.4. The Bertz CT molecular complexity index is 350. The lowest BCUT2D eigenvalue weighted by molar-refractivity contribution is -0.142. The molecule has 2 rings (SSSR count). The van der Waals surface area contributed by atoms with Gasteiger partial charge in [-0.15, -0.1) is 0 Å². The Balaban J connectivity index is 2.32. The number of aliphatic hydroxyl groups is 1. The van der Waals surface area contributed by atoms with Crippen LogP contribution in [0.15, 0.2) is 12.7 Å². The largest absolute Gasteiger partial charge is 0.370 e. The standard InChI is InChI=1S/C13H21NO2/c1-5-10(15)14-13(16)8-9-6-7-12(13,4)11(9,2)3/h5,9,16H,1,6-8H2,2-4H3,(H,14,15)/t9-,12-,13-/m1/s1. The predicted octanol–water partition coefficient (Wildman–Crippen LogP) is 1.82. The van der Waals surface area contributed by atoms with Crippen LogP contribution >= 0.6 is 0 Å². The number of rotatable bonds is 2. The number of nitrogens with one attached hydrogen (secondary N) is 1. The van der Waals surface area contributed by atoms with Crippen molar-refractivity contribution in [2.24, 2.45) is 16.7 Å². The van der Waals surface area contributed by atoms with Gasteiger partial charge in [-0.2, -0.15) is 0 Å². The summed E-state index contributed by atoms with van der Waals surface area (Å²) < 4.78 is 0. The summed E-state index contributed by atoms with van der Waals surface area (Å²) in [7, 11) is 0. The summed E-state index contributed by atoms with van der Waals surface area (Å²) in [6, 6.07) is 0. The zero-order valence-corrected chi connectivity index (χ0v) is 10.3. The molecule has 0 unspecified atom stereocenters. The lowest BCUT2D eigenvalue weighted by Crippen LogP contribution is -2.58. The second kappa shape index (κ2) is 3.10. The molecule has 3 atom stereocenters. The fourth-order valence-electron chi connectivity index (χ4n) is 3.72. The summed E-state index contributed by atoms with van der Waals surface area (Å²) in [5.74, 6) is 0.208. The minimum absolute atomic E-state index is 0.0796. The van der Waals surface area contributed by atoms with Crippen molar-refractivity contribution in [2.75, 3.05) is 0 Å². The van der Waals surface area contributed by atoms with Gasteiger partial charge in [-0.1, -0.05) is 27.4 Å². The third kappa shape index (κ3) is 1.15. The number of hydrogen-bond acceptors (Lipinski definition) is 2. The van der Waals surface area contributed by atoms with Crippen LogP contribution in [0.5, 0.6) is 0 Å². The maximum absolute atomic E-state index is 11.4. The molecular formula is C13H21NO2. The predicted molar refractivity (Wildman–Crippen MR) is 62.5 cm³/mol. The maximum Gasteiger partial charge on any atom is 0.245 e. The van der Waals surface area contributed by atoms with Crippen LogP contribution in [0.4, 0.5) is 0 Å². The van der Waals surface area contributed by atoms with E-state index in [9.17, 15) is 9.90 Å². The quantitative estimate of drug-likeness (QED) is 0.554. The highest BCUT2D eigenvalue weighted by atomic mass is 16.3. The van der Waals surface area contributed by atoms with Gasteiger partial charge in [0.15, 0.2) is 0 Å². The van der Waals surface area contributed by atoms with Gasteiger partial charge >= 0.3 is 0 Å². The van der Waals surface area contributed by atoms with Crippen LogP contribution in [0.25, 0.3) is 0 Å². The van der Waals surface area contributed by atoms with Crippen molar-refractivity contribution in [3.8, 4) is 0 Å². The Morgan fingerprint density at radius 3 is 2.50 bits per heavy atom. The van der Waals surface area contributed by atoms with Gasteiger partial charge in [0, 0.05) is 5.41 Å². The van der Waals surface area contributed by atoms with E-state index >= 15 is 0 Å². The Hall–Kier alpha value is -0.830. The summed E-state index contributed by atoms with van der Waals surface area (Å²) in [5.41, 5.74) is -1.22. The Labute approximate surface area is 96.9 Å². The van der Waals surface area contributed by atoms with E-state index in [0.717, 1.165) is 12.8 Å². The second-order valence-corrected chi connectivity index (χ2v) is 6.05. The highest BCUT2D eigenvalue weighted by Gasteiger charge is 2.68. The fraction of sp³-hybridized carbons (Fsp3) is 0.769. The van der Waals surface area contributed by atoms with Gasteiger partial charge in [0.05, 0.1) is 0 Å². The SMILES string of the molecule is C=CC(=O)N[C@@]1(O)C[C@H]2CC[C@]1(C)C2(C)C. The Kier molecular flexibility index (Phi) is 2.26. The van der Waals surface area contributed by atoms with Crippen LogP contribution in [-0.2, 0) is 4.79 Å². The topological polar surface area (TPSA) is 49.3 Å². The molecule has 0 aromatic carbocycles. The third-order valence-electron chi connectivity index (χ3n) is 5.41. The van der Waals surface area contributed by atoms with E-state index in [2.05, 4.69) is 32.7 Å². The van der Waals surface area contributed by atoms with Crippen LogP contribution < -0.4 is 5.32 Å². The number of amides is 1. The molecule has 1 amide bonds. The molecule has 0 aromatic rings. The van der Waals surface area contributed by atoms with E-state index in [1.54, 1.807) is 0 Å². The molecule has 2 fully saturated rings. The Morgan fingerprint density at radius 1 is 1.50 bits per heavy atom. The van der Waals surface area contributed by atoms with Crippen molar-refractivity contribution in [3.63, 3.8) is 0 Å². The molecule has 3 nitrogen and oxygen atoms in total. The average Bonchev–Trinajstić information content (AvgIpc) is 2.49. The molecule has 2 aliphatic rings. The fourth-order valence-corrected chi connectivity index (χ4v) is 3.72. The molecule has 0 saturated heterocycles. The average molecular weight is 223 g/mol. The molecule has 2 aliphatic carbocycles. The zero-order chi connectivity index (χ0) is 12.2. The molecule has 2 saturated carbocycles. The molecule has 2 bridgehead atoms. The minimum Gasteiger partial charge on any atom is -0.370 e. The van der Waals surface area contributed by atoms with Gasteiger partial charge in [-0.3, -0.25) is 4.79 Å². The van der Waals surface area contributed by atoms with Crippen molar-refractivity contribution in [1.29, 1.82) is 0 Å². The van der Waals surface area contributed by atoms with Gasteiger partial charge in [-0.05, 0) is 36.7 Å². The maximum atomic E-state index is 11.4. The minimum atomic E-state index is -1.06.